The Labute approximate surface area is 184 Å². The fourth-order valence-electron chi connectivity index (χ4n) is 2.59. The van der Waals surface area contributed by atoms with Crippen molar-refractivity contribution >= 4 is 0 Å². The molecule has 0 aromatic heterocycles. The molecular formula is C28H64. The van der Waals surface area contributed by atoms with Gasteiger partial charge in [0.25, 0.3) is 0 Å². The van der Waals surface area contributed by atoms with Crippen LogP contribution in [0.1, 0.15) is 154 Å². The third-order valence-corrected chi connectivity index (χ3v) is 4.40. The molecule has 0 rings (SSSR count). The fraction of sp³-hybridized carbons (Fsp3) is 0.929. The van der Waals surface area contributed by atoms with Gasteiger partial charge in [0.1, 0.15) is 0 Å². The first-order valence-corrected chi connectivity index (χ1v) is 12.4. The summed E-state index contributed by atoms with van der Waals surface area (Å²) >= 11 is 0. The highest BCUT2D eigenvalue weighted by Gasteiger charge is 2.13. The van der Waals surface area contributed by atoms with Gasteiger partial charge in [-0.15, -0.1) is 0 Å². The first-order valence-electron chi connectivity index (χ1n) is 12.4. The number of unbranched alkanes of at least 4 members (excludes halogenated alkanes) is 3. The third-order valence-electron chi connectivity index (χ3n) is 4.40. The summed E-state index contributed by atoms with van der Waals surface area (Å²) in [5.74, 6) is 2.63. The highest BCUT2D eigenvalue weighted by atomic mass is 14.2. The van der Waals surface area contributed by atoms with Gasteiger partial charge in [0.15, 0.2) is 0 Å². The topological polar surface area (TPSA) is 0 Å². The molecule has 0 nitrogen and oxygen atoms in total. The van der Waals surface area contributed by atoms with E-state index in [1.54, 1.807) is 0 Å². The van der Waals surface area contributed by atoms with Crippen LogP contribution in [-0.4, -0.2) is 0 Å². The highest BCUT2D eigenvalue weighted by Crippen LogP contribution is 2.25. The summed E-state index contributed by atoms with van der Waals surface area (Å²) in [6.45, 7) is 28.6. The maximum Gasteiger partial charge on any atom is -0.0320 e. The summed E-state index contributed by atoms with van der Waals surface area (Å²) < 4.78 is 0. The molecule has 0 aliphatic heterocycles. The van der Waals surface area contributed by atoms with E-state index >= 15 is 0 Å². The lowest BCUT2D eigenvalue weighted by molar-refractivity contribution is 0.317. The molecule has 0 bridgehead atoms. The molecule has 0 heteroatoms. The van der Waals surface area contributed by atoms with Crippen LogP contribution < -0.4 is 0 Å². The second kappa shape index (κ2) is 34.3. The molecule has 0 radical (unpaired) electrons. The van der Waals surface area contributed by atoms with E-state index in [-0.39, 0.29) is 7.43 Å². The SMILES string of the molecule is C.C=C(CCC)CCC(CC)C(C)CC.CC(C)C.CCC.CCCCCC. The van der Waals surface area contributed by atoms with Crippen LogP contribution in [0.5, 0.6) is 0 Å². The van der Waals surface area contributed by atoms with Gasteiger partial charge in [0, 0.05) is 0 Å². The molecule has 0 aromatic carbocycles. The van der Waals surface area contributed by atoms with Gasteiger partial charge in [-0.25, -0.2) is 0 Å². The van der Waals surface area contributed by atoms with Crippen molar-refractivity contribution in [3.8, 4) is 0 Å². The minimum absolute atomic E-state index is 0. The second-order valence-electron chi connectivity index (χ2n) is 8.74. The summed E-state index contributed by atoms with van der Waals surface area (Å²) in [5.41, 5.74) is 1.45. The third kappa shape index (κ3) is 44.9. The minimum Gasteiger partial charge on any atom is -0.0999 e. The van der Waals surface area contributed by atoms with Crippen LogP contribution in [0.3, 0.4) is 0 Å². The van der Waals surface area contributed by atoms with Crippen LogP contribution in [0.15, 0.2) is 12.2 Å². The zero-order chi connectivity index (χ0) is 22.1. The van der Waals surface area contributed by atoms with Gasteiger partial charge in [-0.1, -0.05) is 147 Å². The molecule has 0 fully saturated rings. The predicted octanol–water partition coefficient (Wildman–Crippen LogP) is 11.5. The first kappa shape index (κ1) is 38.4. The van der Waals surface area contributed by atoms with Crippen LogP contribution in [0.2, 0.25) is 0 Å². The molecule has 0 saturated heterocycles. The molecule has 28 heavy (non-hydrogen) atoms. The average molecular weight is 401 g/mol. The Morgan fingerprint density at radius 3 is 1.32 bits per heavy atom. The number of hydrogen-bond donors (Lipinski definition) is 0. The van der Waals surface area contributed by atoms with Gasteiger partial charge >= 0.3 is 0 Å². The lowest BCUT2D eigenvalue weighted by Crippen LogP contribution is -2.10. The monoisotopic (exact) mass is 401 g/mol. The van der Waals surface area contributed by atoms with E-state index in [2.05, 4.69) is 82.7 Å². The largest absolute Gasteiger partial charge is 0.0999 e. The van der Waals surface area contributed by atoms with Gasteiger partial charge < -0.3 is 0 Å². The molecule has 2 unspecified atom stereocenters. The molecule has 0 aliphatic carbocycles. The molecule has 0 amide bonds. The van der Waals surface area contributed by atoms with E-state index in [1.807, 2.05) is 0 Å². The zero-order valence-electron chi connectivity index (χ0n) is 21.7. The number of allylic oxidation sites excluding steroid dienone is 1. The molecule has 0 aromatic rings. The lowest BCUT2D eigenvalue weighted by Gasteiger charge is -2.21. The number of rotatable bonds is 11. The van der Waals surface area contributed by atoms with E-state index in [0.29, 0.717) is 0 Å². The van der Waals surface area contributed by atoms with Crippen molar-refractivity contribution in [3.63, 3.8) is 0 Å². The van der Waals surface area contributed by atoms with Crippen molar-refractivity contribution in [3.05, 3.63) is 12.2 Å². The standard InChI is InChI=1S/C14H28.C6H14.C4H10.C3H8.CH4/c1-6-9-12(4)10-11-14(8-3)13(5)7-2;1-3-5-6-4-2;1-4(2)3;1-3-2;/h13-14H,4,6-11H2,1-3,5H3;3-6H2,1-2H3;4H,1-3H3;3H2,1-2H3;1H4. The Balaban J connectivity index is -0.000000104. The second-order valence-corrected chi connectivity index (χ2v) is 8.74. The quantitative estimate of drug-likeness (QED) is 0.239. The van der Waals surface area contributed by atoms with E-state index < -0.39 is 0 Å². The smallest absolute Gasteiger partial charge is 0.0320 e. The number of hydrogen-bond acceptors (Lipinski definition) is 0. The van der Waals surface area contributed by atoms with Crippen molar-refractivity contribution in [2.45, 2.75) is 154 Å². The minimum atomic E-state index is 0. The van der Waals surface area contributed by atoms with Crippen LogP contribution in [0, 0.1) is 17.8 Å². The Morgan fingerprint density at radius 2 is 1.07 bits per heavy atom. The molecule has 0 heterocycles. The normalized spacial score (nSPS) is 11.4. The van der Waals surface area contributed by atoms with E-state index in [1.165, 1.54) is 76.2 Å². The summed E-state index contributed by atoms with van der Waals surface area (Å²) in [4.78, 5) is 0. The Hall–Kier alpha value is -0.260. The van der Waals surface area contributed by atoms with Gasteiger partial charge in [-0.3, -0.25) is 0 Å². The average Bonchev–Trinajstić information content (AvgIpc) is 2.61. The van der Waals surface area contributed by atoms with Gasteiger partial charge in [0.2, 0.25) is 0 Å². The Morgan fingerprint density at radius 1 is 0.679 bits per heavy atom. The fourth-order valence-corrected chi connectivity index (χ4v) is 2.59. The molecule has 0 saturated carbocycles. The Kier molecular flexibility index (Phi) is 46.9. The summed E-state index contributed by atoms with van der Waals surface area (Å²) in [6.07, 6.45) is 14.5. The molecule has 0 N–H and O–H groups in total. The van der Waals surface area contributed by atoms with Gasteiger partial charge in [0.05, 0.1) is 0 Å². The van der Waals surface area contributed by atoms with Crippen molar-refractivity contribution < 1.29 is 0 Å². The van der Waals surface area contributed by atoms with E-state index in [0.717, 1.165) is 17.8 Å². The first-order chi connectivity index (χ1) is 12.7. The molecule has 0 spiro atoms. The van der Waals surface area contributed by atoms with Crippen molar-refractivity contribution in [1.82, 2.24) is 0 Å². The Bertz CT molecular complexity index is 232. The predicted molar refractivity (Wildman–Crippen MR) is 140 cm³/mol. The molecular weight excluding hydrogens is 336 g/mol. The maximum absolute atomic E-state index is 4.14. The summed E-state index contributed by atoms with van der Waals surface area (Å²) in [7, 11) is 0. The summed E-state index contributed by atoms with van der Waals surface area (Å²) in [6, 6.07) is 0. The zero-order valence-corrected chi connectivity index (χ0v) is 21.7. The molecule has 176 valence electrons. The van der Waals surface area contributed by atoms with Crippen LogP contribution in [0.25, 0.3) is 0 Å². The van der Waals surface area contributed by atoms with Crippen LogP contribution in [-0.2, 0) is 0 Å². The van der Waals surface area contributed by atoms with Crippen LogP contribution >= 0.6 is 0 Å². The van der Waals surface area contributed by atoms with E-state index in [9.17, 15) is 0 Å². The summed E-state index contributed by atoms with van der Waals surface area (Å²) in [5, 5.41) is 0. The van der Waals surface area contributed by atoms with Crippen molar-refractivity contribution in [2.75, 3.05) is 0 Å². The highest BCUT2D eigenvalue weighted by molar-refractivity contribution is 4.93. The van der Waals surface area contributed by atoms with Gasteiger partial charge in [-0.2, -0.15) is 0 Å². The van der Waals surface area contributed by atoms with Crippen molar-refractivity contribution in [2.24, 2.45) is 17.8 Å². The van der Waals surface area contributed by atoms with Crippen LogP contribution in [0.4, 0.5) is 0 Å². The molecule has 2 atom stereocenters. The van der Waals surface area contributed by atoms with Crippen molar-refractivity contribution in [1.29, 1.82) is 0 Å². The maximum atomic E-state index is 4.14. The van der Waals surface area contributed by atoms with E-state index in [4.69, 9.17) is 0 Å². The molecule has 0 aliphatic rings. The lowest BCUT2D eigenvalue weighted by atomic mass is 9.84. The van der Waals surface area contributed by atoms with Gasteiger partial charge in [-0.05, 0) is 37.0 Å².